The van der Waals surface area contributed by atoms with Gasteiger partial charge >= 0.3 is 0 Å². The van der Waals surface area contributed by atoms with Gasteiger partial charge in [-0.15, -0.1) is 0 Å². The summed E-state index contributed by atoms with van der Waals surface area (Å²) in [6.45, 7) is 2.77. The smallest absolute Gasteiger partial charge is 0.202 e. The maximum atomic E-state index is 6.10. The minimum absolute atomic E-state index is 0.485. The van der Waals surface area contributed by atoms with Crippen LogP contribution in [0.25, 0.3) is 11.2 Å². The van der Waals surface area contributed by atoms with Crippen molar-refractivity contribution in [3.05, 3.63) is 47.9 Å². The van der Waals surface area contributed by atoms with Crippen LogP contribution in [-0.2, 0) is 6.54 Å². The molecular weight excluding hydrogens is 288 g/mol. The molecule has 0 aliphatic carbocycles. The molecule has 0 amide bonds. The highest BCUT2D eigenvalue weighted by Crippen LogP contribution is 2.27. The van der Waals surface area contributed by atoms with Crippen LogP contribution >= 0.6 is 0 Å². The molecule has 1 aliphatic heterocycles. The lowest BCUT2D eigenvalue weighted by molar-refractivity contribution is 0.411. The Hall–Kier alpha value is -2.47. The van der Waals surface area contributed by atoms with Crippen LogP contribution in [0.4, 0.5) is 5.95 Å². The quantitative estimate of drug-likeness (QED) is 0.800. The van der Waals surface area contributed by atoms with E-state index in [9.17, 15) is 0 Å². The number of fused-ring (bicyclic) bond motifs is 1. The van der Waals surface area contributed by atoms with Gasteiger partial charge in [0, 0.05) is 24.4 Å². The van der Waals surface area contributed by atoms with Crippen molar-refractivity contribution in [2.75, 3.05) is 25.9 Å². The fourth-order valence-corrected chi connectivity index (χ4v) is 3.25. The molecule has 0 spiro atoms. The Labute approximate surface area is 135 Å². The molecule has 0 bridgehead atoms. The number of nitrogens with two attached hydrogens (primary N) is 1. The fraction of sp³-hybridized carbons (Fsp3) is 0.353. The third kappa shape index (κ3) is 2.66. The van der Waals surface area contributed by atoms with E-state index in [-0.39, 0.29) is 0 Å². The van der Waals surface area contributed by atoms with Crippen LogP contribution in [0.5, 0.6) is 0 Å². The molecule has 6 heteroatoms. The summed E-state index contributed by atoms with van der Waals surface area (Å²) in [5.41, 5.74) is 9.87. The molecule has 23 heavy (non-hydrogen) atoms. The Balaban J connectivity index is 1.73. The maximum Gasteiger partial charge on any atom is 0.202 e. The van der Waals surface area contributed by atoms with Gasteiger partial charge in [-0.25, -0.2) is 9.97 Å². The average molecular weight is 308 g/mol. The topological polar surface area (TPSA) is 72.9 Å². The first kappa shape index (κ1) is 14.1. The van der Waals surface area contributed by atoms with Gasteiger partial charge < -0.3 is 10.6 Å². The zero-order valence-corrected chi connectivity index (χ0v) is 13.2. The van der Waals surface area contributed by atoms with Crippen molar-refractivity contribution in [2.45, 2.75) is 18.9 Å². The minimum Gasteiger partial charge on any atom is -0.369 e. The second-order valence-electron chi connectivity index (χ2n) is 6.20. The lowest BCUT2D eigenvalue weighted by Crippen LogP contribution is -2.14. The summed E-state index contributed by atoms with van der Waals surface area (Å²) in [5, 5.41) is 0. The molecule has 0 aromatic carbocycles. The lowest BCUT2D eigenvalue weighted by atomic mass is 10.0. The summed E-state index contributed by atoms with van der Waals surface area (Å²) in [7, 11) is 2.15. The highest BCUT2D eigenvalue weighted by Gasteiger charge is 2.23. The zero-order valence-electron chi connectivity index (χ0n) is 13.2. The van der Waals surface area contributed by atoms with E-state index >= 15 is 0 Å². The first-order chi connectivity index (χ1) is 11.2. The number of imidazole rings is 1. The Morgan fingerprint density at radius 1 is 1.22 bits per heavy atom. The average Bonchev–Trinajstić information content (AvgIpc) is 3.12. The summed E-state index contributed by atoms with van der Waals surface area (Å²) in [5.74, 6) is 0.975. The van der Waals surface area contributed by atoms with Gasteiger partial charge in [-0.05, 0) is 44.3 Å². The third-order valence-electron chi connectivity index (χ3n) is 4.50. The van der Waals surface area contributed by atoms with Gasteiger partial charge in [0.05, 0.1) is 12.2 Å². The normalized spacial score (nSPS) is 18.7. The van der Waals surface area contributed by atoms with Crippen molar-refractivity contribution in [2.24, 2.45) is 0 Å². The van der Waals surface area contributed by atoms with Crippen molar-refractivity contribution in [3.63, 3.8) is 0 Å². The molecule has 3 aromatic heterocycles. The second kappa shape index (κ2) is 5.62. The number of aromatic nitrogens is 4. The molecule has 1 saturated heterocycles. The largest absolute Gasteiger partial charge is 0.369 e. The maximum absolute atomic E-state index is 6.10. The van der Waals surface area contributed by atoms with E-state index in [1.165, 1.54) is 0 Å². The molecule has 6 nitrogen and oxygen atoms in total. The molecule has 1 aliphatic rings. The lowest BCUT2D eigenvalue weighted by Gasteiger charge is -2.11. The van der Waals surface area contributed by atoms with E-state index in [0.717, 1.165) is 42.1 Å². The van der Waals surface area contributed by atoms with Crippen molar-refractivity contribution >= 4 is 17.1 Å². The number of pyridine rings is 2. The van der Waals surface area contributed by atoms with Gasteiger partial charge in [-0.2, -0.15) is 0 Å². The molecule has 4 rings (SSSR count). The highest BCUT2D eigenvalue weighted by atomic mass is 15.2. The van der Waals surface area contributed by atoms with E-state index in [0.29, 0.717) is 18.4 Å². The fourth-order valence-electron chi connectivity index (χ4n) is 3.25. The van der Waals surface area contributed by atoms with Gasteiger partial charge in [0.15, 0.2) is 5.65 Å². The minimum atomic E-state index is 0.485. The summed E-state index contributed by atoms with van der Waals surface area (Å²) < 4.78 is 1.94. The summed E-state index contributed by atoms with van der Waals surface area (Å²) >= 11 is 0. The van der Waals surface area contributed by atoms with Gasteiger partial charge in [0.25, 0.3) is 0 Å². The number of hydrogen-bond donors (Lipinski definition) is 1. The van der Waals surface area contributed by atoms with Gasteiger partial charge in [-0.3, -0.25) is 9.55 Å². The van der Waals surface area contributed by atoms with E-state index in [1.807, 2.05) is 28.8 Å². The monoisotopic (exact) mass is 308 g/mol. The SMILES string of the molecule is CN1CCC(c2ccc3nc(N)n(Cc4ccccn4)c3n2)C1. The van der Waals surface area contributed by atoms with Crippen LogP contribution in [-0.4, -0.2) is 44.6 Å². The first-order valence-corrected chi connectivity index (χ1v) is 7.92. The van der Waals surface area contributed by atoms with Gasteiger partial charge in [-0.1, -0.05) is 6.07 Å². The molecule has 3 aromatic rings. The number of rotatable bonds is 3. The molecule has 4 heterocycles. The van der Waals surface area contributed by atoms with Crippen LogP contribution < -0.4 is 5.73 Å². The molecule has 0 saturated carbocycles. The van der Waals surface area contributed by atoms with Crippen LogP contribution in [0.15, 0.2) is 36.5 Å². The van der Waals surface area contributed by atoms with E-state index < -0.39 is 0 Å². The summed E-state index contributed by atoms with van der Waals surface area (Å²) in [6, 6.07) is 9.99. The number of likely N-dealkylation sites (N-methyl/N-ethyl adjacent to an activating group) is 1. The Bertz CT molecular complexity index is 826. The molecule has 2 N–H and O–H groups in total. The van der Waals surface area contributed by atoms with Crippen LogP contribution in [0, 0.1) is 0 Å². The molecular formula is C17H20N6. The number of likely N-dealkylation sites (tertiary alicyclic amines) is 1. The van der Waals surface area contributed by atoms with Crippen LogP contribution in [0.2, 0.25) is 0 Å². The first-order valence-electron chi connectivity index (χ1n) is 7.92. The zero-order chi connectivity index (χ0) is 15.8. The van der Waals surface area contributed by atoms with Gasteiger partial charge in [0.2, 0.25) is 5.95 Å². The van der Waals surface area contributed by atoms with E-state index in [2.05, 4.69) is 28.0 Å². The summed E-state index contributed by atoms with van der Waals surface area (Å²) in [4.78, 5) is 16.0. The Morgan fingerprint density at radius 2 is 2.13 bits per heavy atom. The molecule has 1 atom stereocenters. The number of hydrogen-bond acceptors (Lipinski definition) is 5. The van der Waals surface area contributed by atoms with Crippen LogP contribution in [0.1, 0.15) is 23.7 Å². The van der Waals surface area contributed by atoms with Gasteiger partial charge in [0.1, 0.15) is 5.52 Å². The molecule has 1 fully saturated rings. The number of nitrogens with zero attached hydrogens (tertiary/aromatic N) is 5. The highest BCUT2D eigenvalue weighted by molar-refractivity contribution is 5.74. The Kier molecular flexibility index (Phi) is 3.46. The number of nitrogen functional groups attached to an aromatic ring is 1. The third-order valence-corrected chi connectivity index (χ3v) is 4.50. The molecule has 118 valence electrons. The molecule has 0 radical (unpaired) electrons. The molecule has 1 unspecified atom stereocenters. The standard InChI is InChI=1S/C17H20N6/c1-22-9-7-12(10-22)14-5-6-15-16(20-14)23(17(18)21-15)11-13-4-2-3-8-19-13/h2-6,8,12H,7,9-11H2,1H3,(H2,18,21). The van der Waals surface area contributed by atoms with Crippen molar-refractivity contribution in [1.82, 2.24) is 24.4 Å². The predicted molar refractivity (Wildman–Crippen MR) is 90.1 cm³/mol. The second-order valence-corrected chi connectivity index (χ2v) is 6.20. The van der Waals surface area contributed by atoms with E-state index in [4.69, 9.17) is 10.7 Å². The van der Waals surface area contributed by atoms with Crippen molar-refractivity contribution in [1.29, 1.82) is 0 Å². The van der Waals surface area contributed by atoms with Crippen LogP contribution in [0.3, 0.4) is 0 Å². The summed E-state index contributed by atoms with van der Waals surface area (Å²) in [6.07, 6.45) is 2.94. The number of anilines is 1. The van der Waals surface area contributed by atoms with Crippen molar-refractivity contribution < 1.29 is 0 Å². The van der Waals surface area contributed by atoms with Crippen molar-refractivity contribution in [3.8, 4) is 0 Å². The van der Waals surface area contributed by atoms with E-state index in [1.54, 1.807) is 6.20 Å². The predicted octanol–water partition coefficient (Wildman–Crippen LogP) is 1.88. The Morgan fingerprint density at radius 3 is 2.87 bits per heavy atom.